The van der Waals surface area contributed by atoms with Crippen LogP contribution in [0.2, 0.25) is 0 Å². The maximum atomic E-state index is 11.1. The molecule has 15 heavy (non-hydrogen) atoms. The molecule has 0 saturated heterocycles. The summed E-state index contributed by atoms with van der Waals surface area (Å²) in [7, 11) is 0. The Kier molecular flexibility index (Phi) is 2.32. The fourth-order valence-electron chi connectivity index (χ4n) is 1.06. The van der Waals surface area contributed by atoms with Gasteiger partial charge >= 0.3 is 0 Å². The molecular weight excluding hydrogens is 194 g/mol. The van der Waals surface area contributed by atoms with E-state index in [9.17, 15) is 4.79 Å². The summed E-state index contributed by atoms with van der Waals surface area (Å²) in [6.45, 7) is 0. The molecule has 0 aliphatic heterocycles. The van der Waals surface area contributed by atoms with E-state index >= 15 is 0 Å². The molecule has 2 aromatic rings. The topological polar surface area (TPSA) is 96.7 Å². The number of anilines is 3. The molecule has 1 aromatic heterocycles. The maximum absolute atomic E-state index is 11.1. The van der Waals surface area contributed by atoms with Gasteiger partial charge in [0.05, 0.1) is 0 Å². The van der Waals surface area contributed by atoms with Gasteiger partial charge < -0.3 is 11.1 Å². The molecule has 0 aliphatic carbocycles. The van der Waals surface area contributed by atoms with Crippen LogP contribution in [0, 0.1) is 0 Å². The molecule has 6 heteroatoms. The number of H-pyrrole nitrogens is 1. The minimum absolute atomic E-state index is 0.145. The van der Waals surface area contributed by atoms with Crippen LogP contribution in [-0.4, -0.2) is 15.2 Å². The Hall–Kier alpha value is -2.37. The number of nitrogens with one attached hydrogen (secondary N) is 2. The molecule has 1 aromatic carbocycles. The molecule has 0 aliphatic rings. The number of benzene rings is 1. The SMILES string of the molecule is Nc1nnc(Nc2ccccc2)[nH]c1=O. The predicted molar refractivity (Wildman–Crippen MR) is 56.8 cm³/mol. The van der Waals surface area contributed by atoms with Crippen LogP contribution < -0.4 is 16.6 Å². The quantitative estimate of drug-likeness (QED) is 0.660. The van der Waals surface area contributed by atoms with E-state index in [1.54, 1.807) is 0 Å². The summed E-state index contributed by atoms with van der Waals surface area (Å²) in [5.41, 5.74) is 5.59. The highest BCUT2D eigenvalue weighted by atomic mass is 16.1. The Labute approximate surface area is 85.2 Å². The van der Waals surface area contributed by atoms with E-state index in [1.165, 1.54) is 0 Å². The summed E-state index contributed by atoms with van der Waals surface area (Å²) in [5, 5.41) is 10.1. The lowest BCUT2D eigenvalue weighted by Gasteiger charge is -2.03. The number of aromatic nitrogens is 3. The van der Waals surface area contributed by atoms with E-state index in [0.717, 1.165) is 5.69 Å². The van der Waals surface area contributed by atoms with Crippen molar-refractivity contribution in [3.63, 3.8) is 0 Å². The molecule has 1 heterocycles. The van der Waals surface area contributed by atoms with Gasteiger partial charge in [0.25, 0.3) is 5.56 Å². The standard InChI is InChI=1S/C9H9N5O/c10-7-8(15)12-9(14-13-7)11-6-4-2-1-3-5-6/h1-5H,(H2,10,13)(H2,11,12,14,15). The van der Waals surface area contributed by atoms with E-state index in [1.807, 2.05) is 30.3 Å². The Morgan fingerprint density at radius 3 is 2.60 bits per heavy atom. The molecule has 4 N–H and O–H groups in total. The average Bonchev–Trinajstić information content (AvgIpc) is 2.25. The van der Waals surface area contributed by atoms with Gasteiger partial charge in [0.2, 0.25) is 11.8 Å². The van der Waals surface area contributed by atoms with Crippen molar-refractivity contribution in [3.8, 4) is 0 Å². The molecule has 0 saturated carbocycles. The van der Waals surface area contributed by atoms with Gasteiger partial charge in [-0.3, -0.25) is 9.78 Å². The Morgan fingerprint density at radius 2 is 1.93 bits per heavy atom. The number of rotatable bonds is 2. The monoisotopic (exact) mass is 203 g/mol. The van der Waals surface area contributed by atoms with Gasteiger partial charge in [-0.1, -0.05) is 18.2 Å². The van der Waals surface area contributed by atoms with Gasteiger partial charge in [-0.25, -0.2) is 0 Å². The highest BCUT2D eigenvalue weighted by Gasteiger charge is 1.99. The van der Waals surface area contributed by atoms with Crippen molar-refractivity contribution in [1.29, 1.82) is 0 Å². The number of hydrogen-bond acceptors (Lipinski definition) is 5. The van der Waals surface area contributed by atoms with Gasteiger partial charge in [0, 0.05) is 5.69 Å². The lowest BCUT2D eigenvalue weighted by Crippen LogP contribution is -2.17. The Balaban J connectivity index is 2.26. The molecule has 0 atom stereocenters. The molecule has 0 radical (unpaired) electrons. The first-order valence-corrected chi connectivity index (χ1v) is 4.30. The second-order valence-corrected chi connectivity index (χ2v) is 2.88. The summed E-state index contributed by atoms with van der Waals surface area (Å²) in [4.78, 5) is 13.6. The van der Waals surface area contributed by atoms with E-state index < -0.39 is 5.56 Å². The van der Waals surface area contributed by atoms with Gasteiger partial charge in [-0.15, -0.1) is 10.2 Å². The first-order valence-electron chi connectivity index (χ1n) is 4.30. The number of nitrogens with two attached hydrogens (primary N) is 1. The van der Waals surface area contributed by atoms with E-state index in [4.69, 9.17) is 5.73 Å². The summed E-state index contributed by atoms with van der Waals surface area (Å²) < 4.78 is 0. The largest absolute Gasteiger partial charge is 0.378 e. The highest BCUT2D eigenvalue weighted by molar-refractivity contribution is 5.52. The van der Waals surface area contributed by atoms with Crippen molar-refractivity contribution in [2.24, 2.45) is 0 Å². The predicted octanol–water partition coefficient (Wildman–Crippen LogP) is 0.491. The number of hydrogen-bond donors (Lipinski definition) is 3. The van der Waals surface area contributed by atoms with Crippen molar-refractivity contribution >= 4 is 17.5 Å². The second-order valence-electron chi connectivity index (χ2n) is 2.88. The molecule has 0 bridgehead atoms. The van der Waals surface area contributed by atoms with Crippen molar-refractivity contribution in [1.82, 2.24) is 15.2 Å². The third-order valence-corrected chi connectivity index (χ3v) is 1.76. The van der Waals surface area contributed by atoms with Crippen LogP contribution in [0.25, 0.3) is 0 Å². The van der Waals surface area contributed by atoms with Crippen molar-refractivity contribution < 1.29 is 0 Å². The number of nitrogens with zero attached hydrogens (tertiary/aromatic N) is 2. The lowest BCUT2D eigenvalue weighted by atomic mass is 10.3. The molecule has 76 valence electrons. The van der Waals surface area contributed by atoms with Crippen LogP contribution in [0.15, 0.2) is 35.1 Å². The van der Waals surface area contributed by atoms with Crippen LogP contribution >= 0.6 is 0 Å². The molecule has 0 fully saturated rings. The Bertz CT molecular complexity index is 507. The van der Waals surface area contributed by atoms with Crippen LogP contribution in [0.1, 0.15) is 0 Å². The molecule has 6 nitrogen and oxygen atoms in total. The summed E-state index contributed by atoms with van der Waals surface area (Å²) >= 11 is 0. The highest BCUT2D eigenvalue weighted by Crippen LogP contribution is 2.09. The molecule has 2 rings (SSSR count). The minimum atomic E-state index is -0.455. The maximum Gasteiger partial charge on any atom is 0.295 e. The van der Waals surface area contributed by atoms with Crippen LogP contribution in [-0.2, 0) is 0 Å². The lowest BCUT2D eigenvalue weighted by molar-refractivity contribution is 0.966. The van der Waals surface area contributed by atoms with Crippen LogP contribution in [0.3, 0.4) is 0 Å². The van der Waals surface area contributed by atoms with E-state index in [-0.39, 0.29) is 11.8 Å². The van der Waals surface area contributed by atoms with E-state index in [0.29, 0.717) is 0 Å². The third-order valence-electron chi connectivity index (χ3n) is 1.76. The van der Waals surface area contributed by atoms with E-state index in [2.05, 4.69) is 20.5 Å². The minimum Gasteiger partial charge on any atom is -0.378 e. The first-order chi connectivity index (χ1) is 7.25. The zero-order valence-electron chi connectivity index (χ0n) is 7.77. The van der Waals surface area contributed by atoms with Gasteiger partial charge in [-0.05, 0) is 12.1 Å². The molecular formula is C9H9N5O. The molecule has 0 amide bonds. The fourth-order valence-corrected chi connectivity index (χ4v) is 1.06. The first kappa shape index (κ1) is 9.20. The fraction of sp³-hybridized carbons (Fsp3) is 0. The average molecular weight is 203 g/mol. The number of nitrogen functional groups attached to an aromatic ring is 1. The Morgan fingerprint density at radius 1 is 1.20 bits per heavy atom. The summed E-state index contributed by atoms with van der Waals surface area (Å²) in [6.07, 6.45) is 0. The smallest absolute Gasteiger partial charge is 0.295 e. The van der Waals surface area contributed by atoms with Crippen LogP contribution in [0.4, 0.5) is 17.5 Å². The molecule has 0 unspecified atom stereocenters. The van der Waals surface area contributed by atoms with Crippen LogP contribution in [0.5, 0.6) is 0 Å². The van der Waals surface area contributed by atoms with Gasteiger partial charge in [0.1, 0.15) is 0 Å². The van der Waals surface area contributed by atoms with Crippen molar-refractivity contribution in [3.05, 3.63) is 40.7 Å². The summed E-state index contributed by atoms with van der Waals surface area (Å²) in [5.74, 6) is 0.119. The summed E-state index contributed by atoms with van der Waals surface area (Å²) in [6, 6.07) is 9.31. The zero-order valence-corrected chi connectivity index (χ0v) is 7.77. The van der Waals surface area contributed by atoms with Gasteiger partial charge in [-0.2, -0.15) is 0 Å². The van der Waals surface area contributed by atoms with Crippen molar-refractivity contribution in [2.75, 3.05) is 11.1 Å². The normalized spacial score (nSPS) is 9.87. The number of para-hydroxylation sites is 1. The molecule has 0 spiro atoms. The van der Waals surface area contributed by atoms with Gasteiger partial charge in [0.15, 0.2) is 0 Å². The van der Waals surface area contributed by atoms with Crippen molar-refractivity contribution in [2.45, 2.75) is 0 Å². The zero-order chi connectivity index (χ0) is 10.7. The number of aromatic amines is 1. The third kappa shape index (κ3) is 2.11. The second kappa shape index (κ2) is 3.79.